The van der Waals surface area contributed by atoms with Crippen LogP contribution in [0, 0.1) is 5.82 Å². The predicted molar refractivity (Wildman–Crippen MR) is 97.5 cm³/mol. The van der Waals surface area contributed by atoms with E-state index in [1.54, 1.807) is 6.07 Å². The van der Waals surface area contributed by atoms with Crippen LogP contribution in [-0.2, 0) is 6.42 Å². The summed E-state index contributed by atoms with van der Waals surface area (Å²) >= 11 is 0. The number of methoxy groups -OCH3 is 1. The summed E-state index contributed by atoms with van der Waals surface area (Å²) in [7, 11) is 5.33. The Kier molecular flexibility index (Phi) is 6.53. The van der Waals surface area contributed by atoms with Crippen LogP contribution in [0.3, 0.4) is 0 Å². The van der Waals surface area contributed by atoms with E-state index in [-0.39, 0.29) is 23.3 Å². The number of rotatable bonds is 7. The van der Waals surface area contributed by atoms with Crippen molar-refractivity contribution < 1.29 is 13.9 Å². The lowest BCUT2D eigenvalue weighted by molar-refractivity contribution is 0.0941. The highest BCUT2D eigenvalue weighted by Gasteiger charge is 2.16. The molecule has 4 nitrogen and oxygen atoms in total. The fourth-order valence-electron chi connectivity index (χ4n) is 2.67. The number of hydrogen-bond acceptors (Lipinski definition) is 3. The fourth-order valence-corrected chi connectivity index (χ4v) is 2.67. The van der Waals surface area contributed by atoms with Gasteiger partial charge in [0.25, 0.3) is 5.91 Å². The van der Waals surface area contributed by atoms with Crippen molar-refractivity contribution in [3.05, 3.63) is 65.0 Å². The molecule has 1 atom stereocenters. The lowest BCUT2D eigenvalue weighted by atomic mass is 10.0. The molecule has 0 fully saturated rings. The van der Waals surface area contributed by atoms with Gasteiger partial charge in [-0.05, 0) is 49.8 Å². The third-order valence-electron chi connectivity index (χ3n) is 4.27. The highest BCUT2D eigenvalue weighted by Crippen LogP contribution is 2.20. The number of halogens is 1. The van der Waals surface area contributed by atoms with Crippen LogP contribution in [-0.4, -0.2) is 38.6 Å². The Morgan fingerprint density at radius 1 is 1.20 bits per heavy atom. The zero-order chi connectivity index (χ0) is 18.4. The minimum atomic E-state index is -0.547. The van der Waals surface area contributed by atoms with Crippen LogP contribution in [0.2, 0.25) is 0 Å². The van der Waals surface area contributed by atoms with Crippen LogP contribution < -0.4 is 10.1 Å². The highest BCUT2D eigenvalue weighted by molar-refractivity contribution is 5.94. The number of hydrogen-bond donors (Lipinski definition) is 1. The smallest absolute Gasteiger partial charge is 0.251 e. The molecule has 5 heteroatoms. The second-order valence-corrected chi connectivity index (χ2v) is 6.13. The van der Waals surface area contributed by atoms with Gasteiger partial charge in [-0.25, -0.2) is 4.39 Å². The SMILES string of the molecule is CCc1ccc(C(CNC(=O)c2ccc(OC)c(F)c2)N(C)C)cc1. The van der Waals surface area contributed by atoms with Gasteiger partial charge in [0.05, 0.1) is 13.2 Å². The van der Waals surface area contributed by atoms with Gasteiger partial charge in [-0.3, -0.25) is 4.79 Å². The summed E-state index contributed by atoms with van der Waals surface area (Å²) < 4.78 is 18.6. The molecule has 0 aromatic heterocycles. The zero-order valence-electron chi connectivity index (χ0n) is 15.2. The number of ether oxygens (including phenoxy) is 1. The number of nitrogens with one attached hydrogen (secondary N) is 1. The summed E-state index contributed by atoms with van der Waals surface area (Å²) in [4.78, 5) is 14.4. The molecule has 2 aromatic carbocycles. The first-order valence-electron chi connectivity index (χ1n) is 8.33. The number of carbonyl (C=O) groups excluding carboxylic acids is 1. The molecule has 0 saturated carbocycles. The monoisotopic (exact) mass is 344 g/mol. The Labute approximate surface area is 148 Å². The summed E-state index contributed by atoms with van der Waals surface area (Å²) in [5.74, 6) is -0.730. The number of carbonyl (C=O) groups is 1. The number of nitrogens with zero attached hydrogens (tertiary/aromatic N) is 1. The Morgan fingerprint density at radius 2 is 1.88 bits per heavy atom. The van der Waals surface area contributed by atoms with E-state index in [9.17, 15) is 9.18 Å². The standard InChI is InChI=1S/C20H25FN2O2/c1-5-14-6-8-15(9-7-14)18(23(2)3)13-22-20(24)16-10-11-19(25-4)17(21)12-16/h6-12,18H,5,13H2,1-4H3,(H,22,24). The van der Waals surface area contributed by atoms with Gasteiger partial charge >= 0.3 is 0 Å². The predicted octanol–water partition coefficient (Wildman–Crippen LogP) is 3.43. The fraction of sp³-hybridized carbons (Fsp3) is 0.350. The van der Waals surface area contributed by atoms with Gasteiger partial charge < -0.3 is 15.0 Å². The van der Waals surface area contributed by atoms with Gasteiger partial charge in [-0.15, -0.1) is 0 Å². The molecule has 2 rings (SSSR count). The van der Waals surface area contributed by atoms with Crippen molar-refractivity contribution in [3.8, 4) is 5.75 Å². The van der Waals surface area contributed by atoms with Crippen molar-refractivity contribution in [2.24, 2.45) is 0 Å². The third-order valence-corrected chi connectivity index (χ3v) is 4.27. The first kappa shape index (κ1) is 18.9. The summed E-state index contributed by atoms with van der Waals surface area (Å²) in [5.41, 5.74) is 2.68. The van der Waals surface area contributed by atoms with Crippen LogP contribution in [0.5, 0.6) is 5.75 Å². The van der Waals surface area contributed by atoms with Gasteiger partial charge in [0.15, 0.2) is 11.6 Å². The van der Waals surface area contributed by atoms with Crippen molar-refractivity contribution in [2.45, 2.75) is 19.4 Å². The second kappa shape index (κ2) is 8.62. The maximum atomic E-state index is 13.8. The van der Waals surface area contributed by atoms with Crippen molar-refractivity contribution in [3.63, 3.8) is 0 Å². The van der Waals surface area contributed by atoms with E-state index in [2.05, 4.69) is 41.4 Å². The van der Waals surface area contributed by atoms with Crippen LogP contribution in [0.4, 0.5) is 4.39 Å². The summed E-state index contributed by atoms with van der Waals surface area (Å²) in [6.07, 6.45) is 0.993. The number of likely N-dealkylation sites (N-methyl/N-ethyl adjacent to an activating group) is 1. The summed E-state index contributed by atoms with van der Waals surface area (Å²) in [6, 6.07) is 12.6. The molecule has 0 radical (unpaired) electrons. The van der Waals surface area contributed by atoms with Crippen molar-refractivity contribution in [1.82, 2.24) is 10.2 Å². The Bertz CT molecular complexity index is 714. The maximum absolute atomic E-state index is 13.8. The van der Waals surface area contributed by atoms with Crippen LogP contribution >= 0.6 is 0 Å². The molecule has 0 spiro atoms. The zero-order valence-corrected chi connectivity index (χ0v) is 15.2. The summed E-state index contributed by atoms with van der Waals surface area (Å²) in [5, 5.41) is 2.88. The molecule has 1 unspecified atom stereocenters. The van der Waals surface area contributed by atoms with Crippen LogP contribution in [0.25, 0.3) is 0 Å². The highest BCUT2D eigenvalue weighted by atomic mass is 19.1. The largest absolute Gasteiger partial charge is 0.494 e. The van der Waals surface area contributed by atoms with E-state index in [1.807, 2.05) is 14.1 Å². The van der Waals surface area contributed by atoms with Gasteiger partial charge in [0, 0.05) is 12.1 Å². The lowest BCUT2D eigenvalue weighted by Crippen LogP contribution is -2.34. The van der Waals surface area contributed by atoms with E-state index in [4.69, 9.17) is 4.74 Å². The molecular formula is C20H25FN2O2. The number of benzene rings is 2. The summed E-state index contributed by atoms with van der Waals surface area (Å²) in [6.45, 7) is 2.55. The molecule has 0 aliphatic rings. The third kappa shape index (κ3) is 4.79. The quantitative estimate of drug-likeness (QED) is 0.837. The number of amides is 1. The molecule has 25 heavy (non-hydrogen) atoms. The van der Waals surface area contributed by atoms with Gasteiger partial charge in [0.2, 0.25) is 0 Å². The minimum Gasteiger partial charge on any atom is -0.494 e. The van der Waals surface area contributed by atoms with Crippen molar-refractivity contribution >= 4 is 5.91 Å². The molecule has 0 saturated heterocycles. The van der Waals surface area contributed by atoms with E-state index in [0.29, 0.717) is 6.54 Å². The second-order valence-electron chi connectivity index (χ2n) is 6.13. The number of aryl methyl sites for hydroxylation is 1. The molecule has 0 heterocycles. The molecule has 1 amide bonds. The van der Waals surface area contributed by atoms with Crippen LogP contribution in [0.15, 0.2) is 42.5 Å². The van der Waals surface area contributed by atoms with Crippen molar-refractivity contribution in [2.75, 3.05) is 27.7 Å². The van der Waals surface area contributed by atoms with E-state index >= 15 is 0 Å². The Morgan fingerprint density at radius 3 is 2.40 bits per heavy atom. The average molecular weight is 344 g/mol. The Balaban J connectivity index is 2.07. The van der Waals surface area contributed by atoms with Gasteiger partial charge in [-0.2, -0.15) is 0 Å². The molecule has 0 aliphatic carbocycles. The first-order chi connectivity index (χ1) is 12.0. The van der Waals surface area contributed by atoms with Crippen molar-refractivity contribution in [1.29, 1.82) is 0 Å². The molecule has 0 aliphatic heterocycles. The first-order valence-corrected chi connectivity index (χ1v) is 8.33. The Hall–Kier alpha value is -2.40. The molecule has 0 bridgehead atoms. The van der Waals surface area contributed by atoms with E-state index < -0.39 is 5.82 Å². The molecule has 134 valence electrons. The molecule has 1 N–H and O–H groups in total. The van der Waals surface area contributed by atoms with Crippen LogP contribution in [0.1, 0.15) is 34.5 Å². The average Bonchev–Trinajstić information content (AvgIpc) is 2.61. The maximum Gasteiger partial charge on any atom is 0.251 e. The lowest BCUT2D eigenvalue weighted by Gasteiger charge is -2.25. The minimum absolute atomic E-state index is 0.0398. The van der Waals surface area contributed by atoms with Gasteiger partial charge in [0.1, 0.15) is 0 Å². The molecule has 2 aromatic rings. The van der Waals surface area contributed by atoms with E-state index in [1.165, 1.54) is 24.8 Å². The van der Waals surface area contributed by atoms with E-state index in [0.717, 1.165) is 12.0 Å². The molecular weight excluding hydrogens is 319 g/mol. The normalized spacial score (nSPS) is 12.1. The van der Waals surface area contributed by atoms with Gasteiger partial charge in [-0.1, -0.05) is 31.2 Å². The topological polar surface area (TPSA) is 41.6 Å².